The lowest BCUT2D eigenvalue weighted by molar-refractivity contribution is 0.675. The van der Waals surface area contributed by atoms with E-state index < -0.39 is 0 Å². The molecule has 1 heterocycles. The van der Waals surface area contributed by atoms with Crippen LogP contribution in [0.5, 0.6) is 0 Å². The van der Waals surface area contributed by atoms with Gasteiger partial charge in [0.25, 0.3) is 0 Å². The summed E-state index contributed by atoms with van der Waals surface area (Å²) in [5.41, 5.74) is 2.24. The molecule has 0 atom stereocenters. The van der Waals surface area contributed by atoms with Crippen LogP contribution in [0.1, 0.15) is 24.7 Å². The molecular formula is C16H23ClN4. The second kappa shape index (κ2) is 7.48. The third-order valence-electron chi connectivity index (χ3n) is 3.52. The van der Waals surface area contributed by atoms with Gasteiger partial charge in [0.15, 0.2) is 0 Å². The van der Waals surface area contributed by atoms with E-state index in [0.29, 0.717) is 0 Å². The Morgan fingerprint density at radius 1 is 1.38 bits per heavy atom. The fraction of sp³-hybridized carbons (Fsp3) is 0.438. The summed E-state index contributed by atoms with van der Waals surface area (Å²) >= 11 is 6.38. The first-order valence-corrected chi connectivity index (χ1v) is 7.66. The maximum absolute atomic E-state index is 6.38. The van der Waals surface area contributed by atoms with Crippen molar-refractivity contribution < 1.29 is 0 Å². The molecule has 2 rings (SSSR count). The largest absolute Gasteiger partial charge is 0.367 e. The van der Waals surface area contributed by atoms with Crippen molar-refractivity contribution >= 4 is 17.3 Å². The highest BCUT2D eigenvalue weighted by Crippen LogP contribution is 2.24. The van der Waals surface area contributed by atoms with Gasteiger partial charge in [0.05, 0.1) is 6.54 Å². The van der Waals surface area contributed by atoms with Crippen LogP contribution in [-0.2, 0) is 20.1 Å². The summed E-state index contributed by atoms with van der Waals surface area (Å²) in [6.07, 6.45) is 4.90. The van der Waals surface area contributed by atoms with Crippen molar-refractivity contribution in [1.29, 1.82) is 0 Å². The number of rotatable bonds is 7. The lowest BCUT2D eigenvalue weighted by atomic mass is 10.2. The van der Waals surface area contributed by atoms with Gasteiger partial charge in [-0.1, -0.05) is 24.6 Å². The first-order chi connectivity index (χ1) is 10.1. The van der Waals surface area contributed by atoms with Gasteiger partial charge >= 0.3 is 0 Å². The van der Waals surface area contributed by atoms with Gasteiger partial charge in [-0.3, -0.25) is 0 Å². The summed E-state index contributed by atoms with van der Waals surface area (Å²) in [5, 5.41) is 4.18. The van der Waals surface area contributed by atoms with Crippen LogP contribution in [0.4, 0.5) is 5.69 Å². The smallest absolute Gasteiger partial charge is 0.127 e. The van der Waals surface area contributed by atoms with Crippen molar-refractivity contribution in [1.82, 2.24) is 14.9 Å². The number of nitrogens with zero attached hydrogens (tertiary/aromatic N) is 3. The van der Waals surface area contributed by atoms with Crippen LogP contribution in [0.2, 0.25) is 5.02 Å². The van der Waals surface area contributed by atoms with Gasteiger partial charge in [0.1, 0.15) is 5.82 Å². The predicted molar refractivity (Wildman–Crippen MR) is 88.8 cm³/mol. The van der Waals surface area contributed by atoms with Crippen LogP contribution in [0.3, 0.4) is 0 Å². The molecule has 0 saturated heterocycles. The molecule has 0 spiro atoms. The topological polar surface area (TPSA) is 33.1 Å². The summed E-state index contributed by atoms with van der Waals surface area (Å²) in [6, 6.07) is 6.22. The predicted octanol–water partition coefficient (Wildman–Crippen LogP) is 3.21. The lowest BCUT2D eigenvalue weighted by Crippen LogP contribution is -2.19. The Hall–Kier alpha value is -1.52. The number of halogens is 1. The summed E-state index contributed by atoms with van der Waals surface area (Å²) in [4.78, 5) is 6.50. The van der Waals surface area contributed by atoms with E-state index >= 15 is 0 Å². The van der Waals surface area contributed by atoms with Gasteiger partial charge in [-0.2, -0.15) is 0 Å². The Kier molecular flexibility index (Phi) is 5.65. The second-order valence-electron chi connectivity index (χ2n) is 5.26. The van der Waals surface area contributed by atoms with E-state index in [9.17, 15) is 0 Å². The number of hydrogen-bond donors (Lipinski definition) is 1. The van der Waals surface area contributed by atoms with E-state index in [1.807, 2.05) is 30.1 Å². The number of nitrogens with one attached hydrogen (secondary N) is 1. The Balaban J connectivity index is 2.03. The second-order valence-corrected chi connectivity index (χ2v) is 5.67. The number of aryl methyl sites for hydroxylation is 1. The Morgan fingerprint density at radius 2 is 2.19 bits per heavy atom. The molecule has 0 amide bonds. The van der Waals surface area contributed by atoms with E-state index in [1.165, 1.54) is 0 Å². The van der Waals surface area contributed by atoms with Crippen molar-refractivity contribution in [3.8, 4) is 0 Å². The number of benzene rings is 1. The molecule has 1 aromatic heterocycles. The van der Waals surface area contributed by atoms with Crippen molar-refractivity contribution in [3.63, 3.8) is 0 Å². The van der Waals surface area contributed by atoms with E-state index in [-0.39, 0.29) is 0 Å². The molecule has 0 aliphatic carbocycles. The Labute approximate surface area is 131 Å². The third kappa shape index (κ3) is 4.22. The highest BCUT2D eigenvalue weighted by molar-refractivity contribution is 6.31. The Bertz CT molecular complexity index is 579. The number of aromatic nitrogens is 2. The minimum absolute atomic E-state index is 0.757. The van der Waals surface area contributed by atoms with Crippen molar-refractivity contribution in [2.24, 2.45) is 7.05 Å². The molecule has 1 aromatic carbocycles. The minimum atomic E-state index is 0.757. The molecule has 114 valence electrons. The monoisotopic (exact) mass is 306 g/mol. The molecule has 21 heavy (non-hydrogen) atoms. The molecule has 0 radical (unpaired) electrons. The van der Waals surface area contributed by atoms with E-state index in [2.05, 4.69) is 41.3 Å². The summed E-state index contributed by atoms with van der Waals surface area (Å²) in [6.45, 7) is 4.74. The van der Waals surface area contributed by atoms with Gasteiger partial charge in [-0.05, 0) is 30.7 Å². The van der Waals surface area contributed by atoms with Crippen LogP contribution in [0, 0.1) is 0 Å². The zero-order chi connectivity index (χ0) is 15.2. The highest BCUT2D eigenvalue weighted by Gasteiger charge is 2.08. The quantitative estimate of drug-likeness (QED) is 0.797. The van der Waals surface area contributed by atoms with Crippen LogP contribution in [-0.4, -0.2) is 23.1 Å². The average molecular weight is 307 g/mol. The Morgan fingerprint density at radius 3 is 2.81 bits per heavy atom. The summed E-state index contributed by atoms with van der Waals surface area (Å²) in [7, 11) is 4.06. The van der Waals surface area contributed by atoms with Crippen molar-refractivity contribution in [3.05, 3.63) is 47.0 Å². The molecular weight excluding hydrogens is 284 g/mol. The minimum Gasteiger partial charge on any atom is -0.367 e. The molecule has 0 bridgehead atoms. The molecule has 0 saturated carbocycles. The van der Waals surface area contributed by atoms with Gasteiger partial charge in [0, 0.05) is 43.7 Å². The molecule has 0 fully saturated rings. The standard InChI is InChI=1S/C16H23ClN4/c1-4-7-18-11-13-5-6-14(10-15(13)17)21(3)12-16-19-8-9-20(16)2/h5-6,8-10,18H,4,7,11-12H2,1-3H3. The highest BCUT2D eigenvalue weighted by atomic mass is 35.5. The van der Waals surface area contributed by atoms with Gasteiger partial charge in [0.2, 0.25) is 0 Å². The van der Waals surface area contributed by atoms with Crippen LogP contribution in [0.25, 0.3) is 0 Å². The van der Waals surface area contributed by atoms with Gasteiger partial charge in [-0.15, -0.1) is 0 Å². The average Bonchev–Trinajstić information content (AvgIpc) is 2.86. The van der Waals surface area contributed by atoms with E-state index in [1.54, 1.807) is 0 Å². The molecule has 0 aliphatic rings. The van der Waals surface area contributed by atoms with E-state index in [0.717, 1.165) is 48.2 Å². The molecule has 5 heteroatoms. The molecule has 2 aromatic rings. The zero-order valence-electron chi connectivity index (χ0n) is 12.9. The normalized spacial score (nSPS) is 10.9. The SMILES string of the molecule is CCCNCc1ccc(N(C)Cc2nccn2C)cc1Cl. The molecule has 4 nitrogen and oxygen atoms in total. The van der Waals surface area contributed by atoms with Crippen LogP contribution >= 0.6 is 11.6 Å². The zero-order valence-corrected chi connectivity index (χ0v) is 13.7. The maximum Gasteiger partial charge on any atom is 0.127 e. The first kappa shape index (κ1) is 15.9. The fourth-order valence-corrected chi connectivity index (χ4v) is 2.41. The summed E-state index contributed by atoms with van der Waals surface area (Å²) < 4.78 is 2.03. The number of hydrogen-bond acceptors (Lipinski definition) is 3. The molecule has 0 aliphatic heterocycles. The van der Waals surface area contributed by atoms with Crippen LogP contribution < -0.4 is 10.2 Å². The first-order valence-electron chi connectivity index (χ1n) is 7.28. The maximum atomic E-state index is 6.38. The van der Waals surface area contributed by atoms with Crippen molar-refractivity contribution in [2.75, 3.05) is 18.5 Å². The van der Waals surface area contributed by atoms with Crippen molar-refractivity contribution in [2.45, 2.75) is 26.4 Å². The van der Waals surface area contributed by atoms with Gasteiger partial charge in [-0.25, -0.2) is 4.98 Å². The lowest BCUT2D eigenvalue weighted by Gasteiger charge is -2.20. The number of anilines is 1. The van der Waals surface area contributed by atoms with Gasteiger partial charge < -0.3 is 14.8 Å². The number of imidazole rings is 1. The van der Waals surface area contributed by atoms with E-state index in [4.69, 9.17) is 11.6 Å². The van der Waals surface area contributed by atoms with Crippen LogP contribution in [0.15, 0.2) is 30.6 Å². The third-order valence-corrected chi connectivity index (χ3v) is 3.87. The fourth-order valence-electron chi connectivity index (χ4n) is 2.17. The molecule has 0 unspecified atom stereocenters. The summed E-state index contributed by atoms with van der Waals surface area (Å²) in [5.74, 6) is 1.03. The molecule has 1 N–H and O–H groups in total.